The van der Waals surface area contributed by atoms with Crippen molar-refractivity contribution in [1.29, 1.82) is 0 Å². The lowest BCUT2D eigenvalue weighted by molar-refractivity contribution is 0.101. The molecule has 0 saturated carbocycles. The van der Waals surface area contributed by atoms with Crippen molar-refractivity contribution in [3.63, 3.8) is 0 Å². The van der Waals surface area contributed by atoms with Gasteiger partial charge >= 0.3 is 5.76 Å². The molecule has 4 nitrogen and oxygen atoms in total. The molecule has 1 aromatic carbocycles. The normalized spacial score (nSPS) is 10.4. The van der Waals surface area contributed by atoms with Gasteiger partial charge in [-0.2, -0.15) is 0 Å². The molecule has 0 aliphatic heterocycles. The number of aryl methyl sites for hydroxylation is 1. The molecular formula is C12H11NO3. The predicted molar refractivity (Wildman–Crippen MR) is 59.0 cm³/mol. The summed E-state index contributed by atoms with van der Waals surface area (Å²) in [7, 11) is 0. The van der Waals surface area contributed by atoms with E-state index in [0.29, 0.717) is 17.1 Å². The van der Waals surface area contributed by atoms with Gasteiger partial charge in [-0.15, -0.1) is 0 Å². The quantitative estimate of drug-likeness (QED) is 0.722. The van der Waals surface area contributed by atoms with Crippen molar-refractivity contribution in [2.75, 3.05) is 0 Å². The number of rotatable bonds is 2. The van der Waals surface area contributed by atoms with Crippen LogP contribution in [0.2, 0.25) is 0 Å². The molecule has 0 atom stereocenters. The van der Waals surface area contributed by atoms with E-state index in [0.717, 1.165) is 0 Å². The molecule has 0 fully saturated rings. The third kappa shape index (κ3) is 1.58. The van der Waals surface area contributed by atoms with E-state index >= 15 is 0 Å². The van der Waals surface area contributed by atoms with Crippen LogP contribution in [0.25, 0.3) is 5.69 Å². The molecule has 1 heterocycles. The Bertz CT molecular complexity index is 578. The molecule has 0 aliphatic rings. The number of oxazole rings is 1. The van der Waals surface area contributed by atoms with Crippen LogP contribution in [0.3, 0.4) is 0 Å². The van der Waals surface area contributed by atoms with Crippen molar-refractivity contribution in [1.82, 2.24) is 4.57 Å². The summed E-state index contributed by atoms with van der Waals surface area (Å²) < 4.78 is 6.24. The van der Waals surface area contributed by atoms with Gasteiger partial charge in [-0.25, -0.2) is 9.36 Å². The van der Waals surface area contributed by atoms with Gasteiger partial charge < -0.3 is 4.42 Å². The van der Waals surface area contributed by atoms with Crippen LogP contribution in [-0.4, -0.2) is 10.4 Å². The van der Waals surface area contributed by atoms with Crippen molar-refractivity contribution in [3.05, 3.63) is 52.3 Å². The molecule has 2 rings (SSSR count). The zero-order chi connectivity index (χ0) is 11.7. The monoisotopic (exact) mass is 217 g/mol. The number of nitrogens with zero attached hydrogens (tertiary/aromatic N) is 1. The Morgan fingerprint density at radius 2 is 1.88 bits per heavy atom. The summed E-state index contributed by atoms with van der Waals surface area (Å²) in [6.07, 6.45) is 0. The first-order valence-corrected chi connectivity index (χ1v) is 4.90. The Hall–Kier alpha value is -2.10. The summed E-state index contributed by atoms with van der Waals surface area (Å²) in [6, 6.07) is 8.95. The van der Waals surface area contributed by atoms with Gasteiger partial charge in [0.15, 0.2) is 5.78 Å². The lowest BCUT2D eigenvalue weighted by Crippen LogP contribution is -2.16. The molecule has 0 unspecified atom stereocenters. The van der Waals surface area contributed by atoms with Crippen molar-refractivity contribution in [3.8, 4) is 5.69 Å². The molecule has 0 N–H and O–H groups in total. The van der Waals surface area contributed by atoms with E-state index in [4.69, 9.17) is 4.42 Å². The van der Waals surface area contributed by atoms with E-state index in [1.165, 1.54) is 11.5 Å². The van der Waals surface area contributed by atoms with Gasteiger partial charge in [0, 0.05) is 6.92 Å². The van der Waals surface area contributed by atoms with Crippen LogP contribution in [0.15, 0.2) is 39.5 Å². The van der Waals surface area contributed by atoms with Crippen LogP contribution in [-0.2, 0) is 0 Å². The Kier molecular flexibility index (Phi) is 2.48. The molecule has 0 spiro atoms. The fourth-order valence-electron chi connectivity index (χ4n) is 1.69. The number of hydrogen-bond acceptors (Lipinski definition) is 3. The van der Waals surface area contributed by atoms with E-state index in [1.807, 2.05) is 6.07 Å². The first-order chi connectivity index (χ1) is 7.61. The SMILES string of the molecule is CC(=O)c1c(C)oc(=O)n1-c1ccccc1. The Morgan fingerprint density at radius 1 is 1.25 bits per heavy atom. The number of Topliss-reactive ketones (excluding diaryl/α,β-unsaturated/α-hetero) is 1. The van der Waals surface area contributed by atoms with Gasteiger partial charge in [0.25, 0.3) is 0 Å². The highest BCUT2D eigenvalue weighted by Crippen LogP contribution is 2.13. The van der Waals surface area contributed by atoms with Crippen LogP contribution in [0.1, 0.15) is 23.2 Å². The molecule has 4 heteroatoms. The van der Waals surface area contributed by atoms with E-state index in [1.54, 1.807) is 31.2 Å². The molecule has 0 aliphatic carbocycles. The van der Waals surface area contributed by atoms with Gasteiger partial charge in [-0.1, -0.05) is 18.2 Å². The van der Waals surface area contributed by atoms with Crippen LogP contribution >= 0.6 is 0 Å². The maximum absolute atomic E-state index is 11.6. The number of para-hydroxylation sites is 1. The highest BCUT2D eigenvalue weighted by molar-refractivity contribution is 5.93. The predicted octanol–water partition coefficient (Wildman–Crippen LogP) is 1.94. The van der Waals surface area contributed by atoms with Crippen molar-refractivity contribution >= 4 is 5.78 Å². The van der Waals surface area contributed by atoms with Crippen molar-refractivity contribution in [2.24, 2.45) is 0 Å². The fraction of sp³-hybridized carbons (Fsp3) is 0.167. The molecule has 0 amide bonds. The van der Waals surface area contributed by atoms with Crippen LogP contribution in [0.4, 0.5) is 0 Å². The van der Waals surface area contributed by atoms with Gasteiger partial charge in [0.2, 0.25) is 0 Å². The topological polar surface area (TPSA) is 52.2 Å². The summed E-state index contributed by atoms with van der Waals surface area (Å²) in [5, 5.41) is 0. The van der Waals surface area contributed by atoms with E-state index in [-0.39, 0.29) is 5.78 Å². The van der Waals surface area contributed by atoms with Crippen molar-refractivity contribution < 1.29 is 9.21 Å². The van der Waals surface area contributed by atoms with Gasteiger partial charge in [0.05, 0.1) is 5.69 Å². The highest BCUT2D eigenvalue weighted by Gasteiger charge is 2.18. The maximum atomic E-state index is 11.6. The second kappa shape index (κ2) is 3.81. The molecule has 0 bridgehead atoms. The smallest absolute Gasteiger partial charge is 0.412 e. The summed E-state index contributed by atoms with van der Waals surface area (Å²) >= 11 is 0. The van der Waals surface area contributed by atoms with Gasteiger partial charge in [-0.05, 0) is 19.1 Å². The lowest BCUT2D eigenvalue weighted by atomic mass is 10.2. The van der Waals surface area contributed by atoms with E-state index in [2.05, 4.69) is 0 Å². The largest absolute Gasteiger partial charge is 0.424 e. The van der Waals surface area contributed by atoms with Gasteiger partial charge in [0.1, 0.15) is 11.5 Å². The third-order valence-corrected chi connectivity index (χ3v) is 2.33. The number of carbonyl (C=O) groups excluding carboxylic acids is 1. The lowest BCUT2D eigenvalue weighted by Gasteiger charge is -2.03. The molecule has 16 heavy (non-hydrogen) atoms. The molecular weight excluding hydrogens is 206 g/mol. The minimum Gasteiger partial charge on any atom is -0.412 e. The zero-order valence-corrected chi connectivity index (χ0v) is 9.06. The van der Waals surface area contributed by atoms with Crippen LogP contribution < -0.4 is 5.76 Å². The van der Waals surface area contributed by atoms with E-state index in [9.17, 15) is 9.59 Å². The second-order valence-electron chi connectivity index (χ2n) is 3.50. The molecule has 0 radical (unpaired) electrons. The average molecular weight is 217 g/mol. The third-order valence-electron chi connectivity index (χ3n) is 2.33. The summed E-state index contributed by atoms with van der Waals surface area (Å²) in [6.45, 7) is 3.02. The molecule has 0 saturated heterocycles. The number of ketones is 1. The highest BCUT2D eigenvalue weighted by atomic mass is 16.4. The Labute approximate surface area is 92.1 Å². The molecule has 2 aromatic rings. The maximum Gasteiger partial charge on any atom is 0.424 e. The number of carbonyl (C=O) groups is 1. The minimum atomic E-state index is -0.533. The summed E-state index contributed by atoms with van der Waals surface area (Å²) in [5.74, 6) is -0.373. The van der Waals surface area contributed by atoms with Crippen molar-refractivity contribution in [2.45, 2.75) is 13.8 Å². The summed E-state index contributed by atoms with van der Waals surface area (Å²) in [5.41, 5.74) is 0.936. The average Bonchev–Trinajstić information content (AvgIpc) is 2.55. The van der Waals surface area contributed by atoms with Crippen LogP contribution in [0, 0.1) is 6.92 Å². The van der Waals surface area contributed by atoms with Gasteiger partial charge in [-0.3, -0.25) is 4.79 Å². The number of benzene rings is 1. The first kappa shape index (κ1) is 10.4. The molecule has 82 valence electrons. The fourth-order valence-corrected chi connectivity index (χ4v) is 1.69. The van der Waals surface area contributed by atoms with E-state index < -0.39 is 5.76 Å². The molecule has 1 aromatic heterocycles. The number of hydrogen-bond donors (Lipinski definition) is 0. The Morgan fingerprint density at radius 3 is 2.44 bits per heavy atom. The van der Waals surface area contributed by atoms with Crippen LogP contribution in [0.5, 0.6) is 0 Å². The first-order valence-electron chi connectivity index (χ1n) is 4.90. The second-order valence-corrected chi connectivity index (χ2v) is 3.50. The Balaban J connectivity index is 2.75. The summed E-state index contributed by atoms with van der Waals surface area (Å²) in [4.78, 5) is 23.1. The minimum absolute atomic E-state index is 0.188. The number of aromatic nitrogens is 1. The standard InChI is InChI=1S/C12H11NO3/c1-8(14)11-9(2)16-12(15)13(11)10-6-4-3-5-7-10/h3-7H,1-2H3. The zero-order valence-electron chi connectivity index (χ0n) is 9.06.